The van der Waals surface area contributed by atoms with Crippen molar-refractivity contribution in [3.05, 3.63) is 0 Å². The lowest BCUT2D eigenvalue weighted by atomic mass is 10.1. The number of amides is 1. The topological polar surface area (TPSA) is 64.3 Å². The van der Waals surface area contributed by atoms with Crippen molar-refractivity contribution >= 4 is 5.91 Å². The normalized spacial score (nSPS) is 10.8. The number of ether oxygens (including phenoxy) is 1. The van der Waals surface area contributed by atoms with Crippen molar-refractivity contribution in [2.24, 2.45) is 5.73 Å². The standard InChI is InChI=1S/C18H38N2O2/c1-2-3-4-5-6-7-8-9-10-11-12-13-18(21)20-15-17-22-16-14-19/h2-17,19H2,1H3,(H,20,21). The van der Waals surface area contributed by atoms with E-state index in [1.54, 1.807) is 0 Å². The van der Waals surface area contributed by atoms with Gasteiger partial charge in [-0.25, -0.2) is 0 Å². The van der Waals surface area contributed by atoms with Gasteiger partial charge in [0.1, 0.15) is 0 Å². The van der Waals surface area contributed by atoms with Gasteiger partial charge in [0, 0.05) is 19.5 Å². The predicted molar refractivity (Wildman–Crippen MR) is 94.0 cm³/mol. The predicted octanol–water partition coefficient (Wildman–Crippen LogP) is 3.78. The third kappa shape index (κ3) is 17.4. The molecule has 0 rings (SSSR count). The maximum Gasteiger partial charge on any atom is 0.220 e. The molecule has 0 spiro atoms. The molecule has 132 valence electrons. The Morgan fingerprint density at radius 1 is 0.864 bits per heavy atom. The highest BCUT2D eigenvalue weighted by Crippen LogP contribution is 2.11. The summed E-state index contributed by atoms with van der Waals surface area (Å²) in [6.07, 6.45) is 15.1. The molecule has 3 N–H and O–H groups in total. The average Bonchev–Trinajstić information content (AvgIpc) is 2.52. The molecule has 0 aromatic heterocycles. The van der Waals surface area contributed by atoms with E-state index in [2.05, 4.69) is 12.2 Å². The van der Waals surface area contributed by atoms with Gasteiger partial charge in [0.2, 0.25) is 5.91 Å². The fourth-order valence-electron chi connectivity index (χ4n) is 2.49. The van der Waals surface area contributed by atoms with Gasteiger partial charge in [0.05, 0.1) is 13.2 Å². The van der Waals surface area contributed by atoms with Gasteiger partial charge >= 0.3 is 0 Å². The third-order valence-corrected chi connectivity index (χ3v) is 3.84. The Hall–Kier alpha value is -0.610. The van der Waals surface area contributed by atoms with Crippen LogP contribution in [0.4, 0.5) is 0 Å². The zero-order valence-electron chi connectivity index (χ0n) is 14.7. The van der Waals surface area contributed by atoms with Crippen molar-refractivity contribution < 1.29 is 9.53 Å². The minimum absolute atomic E-state index is 0.146. The molecular weight excluding hydrogens is 276 g/mol. The Balaban J connectivity index is 3.10. The minimum atomic E-state index is 0.146. The Kier molecular flexibility index (Phi) is 17.9. The summed E-state index contributed by atoms with van der Waals surface area (Å²) < 4.78 is 5.20. The molecule has 0 radical (unpaired) electrons. The van der Waals surface area contributed by atoms with E-state index >= 15 is 0 Å². The van der Waals surface area contributed by atoms with Crippen LogP contribution in [0.25, 0.3) is 0 Å². The van der Waals surface area contributed by atoms with Crippen LogP contribution in [-0.2, 0) is 9.53 Å². The monoisotopic (exact) mass is 314 g/mol. The summed E-state index contributed by atoms with van der Waals surface area (Å²) in [6, 6.07) is 0. The Morgan fingerprint density at radius 3 is 1.95 bits per heavy atom. The van der Waals surface area contributed by atoms with Crippen LogP contribution in [0, 0.1) is 0 Å². The highest BCUT2D eigenvalue weighted by molar-refractivity contribution is 5.75. The van der Waals surface area contributed by atoms with E-state index < -0.39 is 0 Å². The van der Waals surface area contributed by atoms with E-state index in [0.29, 0.717) is 32.7 Å². The molecule has 22 heavy (non-hydrogen) atoms. The summed E-state index contributed by atoms with van der Waals surface area (Å²) in [7, 11) is 0. The van der Waals surface area contributed by atoms with Gasteiger partial charge in [-0.05, 0) is 6.42 Å². The van der Waals surface area contributed by atoms with Crippen LogP contribution in [0.3, 0.4) is 0 Å². The minimum Gasteiger partial charge on any atom is -0.378 e. The number of hydrogen-bond acceptors (Lipinski definition) is 3. The maximum absolute atomic E-state index is 11.5. The van der Waals surface area contributed by atoms with Gasteiger partial charge in [-0.1, -0.05) is 71.1 Å². The molecule has 0 atom stereocenters. The van der Waals surface area contributed by atoms with Crippen molar-refractivity contribution in [1.82, 2.24) is 5.32 Å². The molecule has 1 amide bonds. The van der Waals surface area contributed by atoms with Crippen molar-refractivity contribution in [2.75, 3.05) is 26.3 Å². The summed E-state index contributed by atoms with van der Waals surface area (Å²) in [4.78, 5) is 11.5. The fourth-order valence-corrected chi connectivity index (χ4v) is 2.49. The van der Waals surface area contributed by atoms with Gasteiger partial charge in [-0.15, -0.1) is 0 Å². The van der Waals surface area contributed by atoms with Crippen molar-refractivity contribution in [2.45, 2.75) is 84.0 Å². The van der Waals surface area contributed by atoms with Gasteiger partial charge in [0.25, 0.3) is 0 Å². The second kappa shape index (κ2) is 18.4. The molecule has 0 aliphatic rings. The molecule has 0 aliphatic heterocycles. The van der Waals surface area contributed by atoms with Crippen molar-refractivity contribution in [3.8, 4) is 0 Å². The molecule has 0 bridgehead atoms. The quantitative estimate of drug-likeness (QED) is 0.402. The molecular formula is C18H38N2O2. The second-order valence-electron chi connectivity index (χ2n) is 6.04. The first-order valence-corrected chi connectivity index (χ1v) is 9.35. The summed E-state index contributed by atoms with van der Waals surface area (Å²) in [5, 5.41) is 2.87. The molecule has 0 fully saturated rings. The maximum atomic E-state index is 11.5. The molecule has 0 aliphatic carbocycles. The highest BCUT2D eigenvalue weighted by atomic mass is 16.5. The average molecular weight is 315 g/mol. The fraction of sp³-hybridized carbons (Fsp3) is 0.944. The van der Waals surface area contributed by atoms with Gasteiger partial charge in [0.15, 0.2) is 0 Å². The molecule has 0 saturated heterocycles. The Labute approximate surface area is 137 Å². The van der Waals surface area contributed by atoms with E-state index in [0.717, 1.165) is 6.42 Å². The van der Waals surface area contributed by atoms with Crippen LogP contribution < -0.4 is 11.1 Å². The van der Waals surface area contributed by atoms with Crippen LogP contribution >= 0.6 is 0 Å². The molecule has 4 nitrogen and oxygen atoms in total. The van der Waals surface area contributed by atoms with Crippen LogP contribution in [0.1, 0.15) is 84.0 Å². The zero-order valence-corrected chi connectivity index (χ0v) is 14.7. The lowest BCUT2D eigenvalue weighted by molar-refractivity contribution is -0.121. The Morgan fingerprint density at radius 2 is 1.41 bits per heavy atom. The first-order valence-electron chi connectivity index (χ1n) is 9.35. The summed E-state index contributed by atoms with van der Waals surface area (Å²) in [5.74, 6) is 0.146. The van der Waals surface area contributed by atoms with E-state index in [-0.39, 0.29) is 5.91 Å². The van der Waals surface area contributed by atoms with E-state index in [1.807, 2.05) is 0 Å². The van der Waals surface area contributed by atoms with Crippen molar-refractivity contribution in [3.63, 3.8) is 0 Å². The third-order valence-electron chi connectivity index (χ3n) is 3.84. The molecule has 0 aromatic rings. The first-order chi connectivity index (χ1) is 10.8. The first kappa shape index (κ1) is 21.4. The number of hydrogen-bond donors (Lipinski definition) is 2. The van der Waals surface area contributed by atoms with Gasteiger partial charge < -0.3 is 15.8 Å². The van der Waals surface area contributed by atoms with Gasteiger partial charge in [-0.3, -0.25) is 4.79 Å². The van der Waals surface area contributed by atoms with Crippen LogP contribution in [0.5, 0.6) is 0 Å². The van der Waals surface area contributed by atoms with Crippen molar-refractivity contribution in [1.29, 1.82) is 0 Å². The number of nitrogens with one attached hydrogen (secondary N) is 1. The van der Waals surface area contributed by atoms with E-state index in [1.165, 1.54) is 64.2 Å². The molecule has 0 heterocycles. The number of carbonyl (C=O) groups excluding carboxylic acids is 1. The number of carbonyl (C=O) groups is 1. The smallest absolute Gasteiger partial charge is 0.220 e. The van der Waals surface area contributed by atoms with Gasteiger partial charge in [-0.2, -0.15) is 0 Å². The van der Waals surface area contributed by atoms with E-state index in [9.17, 15) is 4.79 Å². The molecule has 0 unspecified atom stereocenters. The number of unbranched alkanes of at least 4 members (excludes halogenated alkanes) is 10. The van der Waals surface area contributed by atoms with Crippen LogP contribution in [-0.4, -0.2) is 32.2 Å². The molecule has 0 aromatic carbocycles. The Bertz CT molecular complexity index is 235. The summed E-state index contributed by atoms with van der Waals surface area (Å²) in [5.41, 5.74) is 5.31. The molecule has 0 saturated carbocycles. The number of nitrogens with two attached hydrogens (primary N) is 1. The zero-order chi connectivity index (χ0) is 16.3. The van der Waals surface area contributed by atoms with Crippen LogP contribution in [0.2, 0.25) is 0 Å². The summed E-state index contributed by atoms with van der Waals surface area (Å²) in [6.45, 7) is 4.51. The summed E-state index contributed by atoms with van der Waals surface area (Å²) >= 11 is 0. The highest BCUT2D eigenvalue weighted by Gasteiger charge is 2.00. The SMILES string of the molecule is CCCCCCCCCCCCCC(=O)NCCOCCN. The van der Waals surface area contributed by atoms with Crippen LogP contribution in [0.15, 0.2) is 0 Å². The van der Waals surface area contributed by atoms with E-state index in [4.69, 9.17) is 10.5 Å². The lowest BCUT2D eigenvalue weighted by Gasteiger charge is -2.06. The lowest BCUT2D eigenvalue weighted by Crippen LogP contribution is -2.27. The largest absolute Gasteiger partial charge is 0.378 e. The number of rotatable bonds is 17. The second-order valence-corrected chi connectivity index (χ2v) is 6.04. The molecule has 4 heteroatoms.